The van der Waals surface area contributed by atoms with Crippen LogP contribution >= 0.6 is 11.8 Å². The minimum atomic E-state index is 0.419. The molecular weight excluding hydrogens is 214 g/mol. The number of hydrogen-bond donors (Lipinski definition) is 1. The largest absolute Gasteiger partial charge is 0.327 e. The third kappa shape index (κ3) is 12.4. The van der Waals surface area contributed by atoms with Gasteiger partial charge in [-0.3, -0.25) is 0 Å². The van der Waals surface area contributed by atoms with Crippen molar-refractivity contribution in [3.8, 4) is 0 Å². The molecule has 0 heterocycles. The molecule has 16 heavy (non-hydrogen) atoms. The van der Waals surface area contributed by atoms with Gasteiger partial charge in [-0.25, -0.2) is 0 Å². The van der Waals surface area contributed by atoms with Gasteiger partial charge in [0.2, 0.25) is 0 Å². The van der Waals surface area contributed by atoms with Crippen molar-refractivity contribution in [3.05, 3.63) is 0 Å². The second-order valence-electron chi connectivity index (χ2n) is 5.05. The summed E-state index contributed by atoms with van der Waals surface area (Å²) in [7, 11) is 0. The summed E-state index contributed by atoms with van der Waals surface area (Å²) in [5, 5.41) is 0.722. The normalized spacial score (nSPS) is 13.3. The zero-order valence-electron chi connectivity index (χ0n) is 11.5. The summed E-state index contributed by atoms with van der Waals surface area (Å²) in [6, 6.07) is 0.419. The summed E-state index contributed by atoms with van der Waals surface area (Å²) in [6.45, 7) is 6.75. The zero-order chi connectivity index (χ0) is 12.2. The molecule has 0 amide bonds. The molecule has 0 aliphatic heterocycles. The average molecular weight is 245 g/mol. The molecule has 2 heteroatoms. The highest BCUT2D eigenvalue weighted by molar-refractivity contribution is 7.99. The molecule has 1 atom stereocenters. The minimum Gasteiger partial charge on any atom is -0.327 e. The molecule has 0 radical (unpaired) electrons. The first-order valence-corrected chi connectivity index (χ1v) is 8.08. The van der Waals surface area contributed by atoms with Crippen molar-refractivity contribution in [1.29, 1.82) is 0 Å². The molecule has 0 bridgehead atoms. The van der Waals surface area contributed by atoms with E-state index in [9.17, 15) is 0 Å². The van der Waals surface area contributed by atoms with Crippen molar-refractivity contribution < 1.29 is 0 Å². The Labute approximate surface area is 107 Å². The lowest BCUT2D eigenvalue weighted by molar-refractivity contribution is 0.549. The van der Waals surface area contributed by atoms with Crippen LogP contribution in [0.25, 0.3) is 0 Å². The van der Waals surface area contributed by atoms with Gasteiger partial charge in [0, 0.05) is 11.8 Å². The van der Waals surface area contributed by atoms with Gasteiger partial charge in [0.1, 0.15) is 0 Å². The van der Waals surface area contributed by atoms with Crippen molar-refractivity contribution in [3.63, 3.8) is 0 Å². The SMILES string of the molecule is CCCCCCCCCC(N)CSC(C)C. The van der Waals surface area contributed by atoms with Crippen LogP contribution in [0.4, 0.5) is 0 Å². The molecule has 0 aliphatic carbocycles. The van der Waals surface area contributed by atoms with Crippen LogP contribution in [0.2, 0.25) is 0 Å². The van der Waals surface area contributed by atoms with E-state index in [4.69, 9.17) is 5.73 Å². The lowest BCUT2D eigenvalue weighted by Crippen LogP contribution is -2.23. The van der Waals surface area contributed by atoms with Gasteiger partial charge in [-0.15, -0.1) is 0 Å². The predicted molar refractivity (Wildman–Crippen MR) is 78.2 cm³/mol. The smallest absolute Gasteiger partial charge is 0.0130 e. The van der Waals surface area contributed by atoms with Crippen LogP contribution in [0, 0.1) is 0 Å². The molecule has 1 nitrogen and oxygen atoms in total. The number of rotatable bonds is 11. The second kappa shape index (κ2) is 11.8. The second-order valence-corrected chi connectivity index (χ2v) is 6.66. The van der Waals surface area contributed by atoms with E-state index in [1.807, 2.05) is 11.8 Å². The first-order valence-electron chi connectivity index (χ1n) is 7.04. The Morgan fingerprint density at radius 2 is 1.50 bits per heavy atom. The van der Waals surface area contributed by atoms with E-state index in [0.717, 1.165) is 11.0 Å². The third-order valence-corrected chi connectivity index (χ3v) is 4.11. The van der Waals surface area contributed by atoms with E-state index in [2.05, 4.69) is 20.8 Å². The van der Waals surface area contributed by atoms with Crippen LogP contribution in [-0.2, 0) is 0 Å². The quantitative estimate of drug-likeness (QED) is 0.539. The molecule has 0 aromatic carbocycles. The van der Waals surface area contributed by atoms with Gasteiger partial charge in [-0.2, -0.15) is 11.8 Å². The Balaban J connectivity index is 3.12. The highest BCUT2D eigenvalue weighted by Crippen LogP contribution is 2.14. The number of thioether (sulfide) groups is 1. The van der Waals surface area contributed by atoms with Crippen molar-refractivity contribution in [2.24, 2.45) is 5.73 Å². The molecule has 0 rings (SSSR count). The maximum absolute atomic E-state index is 6.06. The van der Waals surface area contributed by atoms with Crippen molar-refractivity contribution in [1.82, 2.24) is 0 Å². The van der Waals surface area contributed by atoms with E-state index in [0.29, 0.717) is 6.04 Å². The minimum absolute atomic E-state index is 0.419. The summed E-state index contributed by atoms with van der Waals surface area (Å²) < 4.78 is 0. The van der Waals surface area contributed by atoms with E-state index >= 15 is 0 Å². The molecule has 0 aromatic rings. The molecule has 98 valence electrons. The Morgan fingerprint density at radius 1 is 0.938 bits per heavy atom. The van der Waals surface area contributed by atoms with E-state index in [1.165, 1.54) is 51.4 Å². The third-order valence-electron chi connectivity index (χ3n) is 2.82. The number of nitrogens with two attached hydrogens (primary N) is 1. The van der Waals surface area contributed by atoms with Crippen LogP contribution in [-0.4, -0.2) is 17.0 Å². The van der Waals surface area contributed by atoms with Gasteiger partial charge in [0.15, 0.2) is 0 Å². The Hall–Kier alpha value is 0.310. The Kier molecular flexibility index (Phi) is 12.0. The first-order chi connectivity index (χ1) is 7.66. The van der Waals surface area contributed by atoms with E-state index in [-0.39, 0.29) is 0 Å². The van der Waals surface area contributed by atoms with Gasteiger partial charge in [0.05, 0.1) is 0 Å². The standard InChI is InChI=1S/C14H31NS/c1-4-5-6-7-8-9-10-11-14(15)12-16-13(2)3/h13-14H,4-12,15H2,1-3H3. The van der Waals surface area contributed by atoms with Crippen molar-refractivity contribution in [2.45, 2.75) is 83.4 Å². The lowest BCUT2D eigenvalue weighted by Gasteiger charge is -2.12. The van der Waals surface area contributed by atoms with Gasteiger partial charge in [-0.1, -0.05) is 65.7 Å². The maximum Gasteiger partial charge on any atom is 0.0130 e. The highest BCUT2D eigenvalue weighted by Gasteiger charge is 2.03. The number of unbranched alkanes of at least 4 members (excludes halogenated alkanes) is 6. The van der Waals surface area contributed by atoms with Crippen LogP contribution in [0.5, 0.6) is 0 Å². The molecule has 2 N–H and O–H groups in total. The zero-order valence-corrected chi connectivity index (χ0v) is 12.3. The Morgan fingerprint density at radius 3 is 2.06 bits per heavy atom. The maximum atomic E-state index is 6.06. The predicted octanol–water partition coefficient (Wildman–Crippen LogP) is 4.60. The molecular formula is C14H31NS. The monoisotopic (exact) mass is 245 g/mol. The summed E-state index contributed by atoms with van der Waals surface area (Å²) in [5.74, 6) is 1.13. The van der Waals surface area contributed by atoms with Gasteiger partial charge < -0.3 is 5.73 Å². The van der Waals surface area contributed by atoms with Crippen LogP contribution < -0.4 is 5.73 Å². The van der Waals surface area contributed by atoms with Crippen molar-refractivity contribution in [2.75, 3.05) is 5.75 Å². The fourth-order valence-corrected chi connectivity index (χ4v) is 2.56. The Bertz CT molecular complexity index is 137. The van der Waals surface area contributed by atoms with Gasteiger partial charge >= 0.3 is 0 Å². The molecule has 0 aromatic heterocycles. The molecule has 0 spiro atoms. The summed E-state index contributed by atoms with van der Waals surface area (Å²) in [5.41, 5.74) is 6.06. The van der Waals surface area contributed by atoms with Crippen LogP contribution in [0.15, 0.2) is 0 Å². The fraction of sp³-hybridized carbons (Fsp3) is 1.00. The van der Waals surface area contributed by atoms with Gasteiger partial charge in [0.25, 0.3) is 0 Å². The van der Waals surface area contributed by atoms with Crippen LogP contribution in [0.1, 0.15) is 72.1 Å². The molecule has 0 fully saturated rings. The summed E-state index contributed by atoms with van der Waals surface area (Å²) in [4.78, 5) is 0. The summed E-state index contributed by atoms with van der Waals surface area (Å²) in [6.07, 6.45) is 10.9. The van der Waals surface area contributed by atoms with E-state index in [1.54, 1.807) is 0 Å². The average Bonchev–Trinajstić information content (AvgIpc) is 2.25. The topological polar surface area (TPSA) is 26.0 Å². The molecule has 1 unspecified atom stereocenters. The lowest BCUT2D eigenvalue weighted by atomic mass is 10.1. The van der Waals surface area contributed by atoms with Crippen molar-refractivity contribution >= 4 is 11.8 Å². The first kappa shape index (κ1) is 16.3. The van der Waals surface area contributed by atoms with E-state index < -0.39 is 0 Å². The number of hydrogen-bond acceptors (Lipinski definition) is 2. The molecule has 0 saturated carbocycles. The van der Waals surface area contributed by atoms with Crippen LogP contribution in [0.3, 0.4) is 0 Å². The van der Waals surface area contributed by atoms with Gasteiger partial charge in [-0.05, 0) is 11.7 Å². The summed E-state index contributed by atoms with van der Waals surface area (Å²) >= 11 is 1.99. The molecule has 0 saturated heterocycles. The molecule has 0 aliphatic rings. The fourth-order valence-electron chi connectivity index (χ4n) is 1.76. The highest BCUT2D eigenvalue weighted by atomic mass is 32.2.